The Hall–Kier alpha value is 0.250. The Kier molecular flexibility index (Phi) is 8.48. The maximum Gasteiger partial charge on any atom is 0.0466 e. The highest BCUT2D eigenvalue weighted by Gasteiger charge is 1.86. The molecule has 2 heteroatoms. The first-order chi connectivity index (χ1) is 4.41. The second-order valence-electron chi connectivity index (χ2n) is 1.86. The summed E-state index contributed by atoms with van der Waals surface area (Å²) in [5.74, 6) is 0.768. The Balaban J connectivity index is 2.60. The van der Waals surface area contributed by atoms with Crippen molar-refractivity contribution in [1.29, 1.82) is 0 Å². The van der Waals surface area contributed by atoms with Crippen molar-refractivity contribution in [1.82, 2.24) is 0 Å². The van der Waals surface area contributed by atoms with Crippen molar-refractivity contribution in [2.24, 2.45) is 0 Å². The highest BCUT2D eigenvalue weighted by Crippen LogP contribution is 1.96. The van der Waals surface area contributed by atoms with Gasteiger partial charge in [-0.15, -0.1) is 11.6 Å². The van der Waals surface area contributed by atoms with Gasteiger partial charge in [0.05, 0.1) is 0 Å². The predicted molar refractivity (Wildman–Crippen MR) is 40.7 cm³/mol. The van der Waals surface area contributed by atoms with Gasteiger partial charge in [-0.2, -0.15) is 0 Å². The van der Waals surface area contributed by atoms with Crippen LogP contribution in [0.15, 0.2) is 0 Å². The summed E-state index contributed by atoms with van der Waals surface area (Å²) >= 11 is 5.46. The van der Waals surface area contributed by atoms with Crippen LogP contribution in [0.4, 0.5) is 0 Å². The van der Waals surface area contributed by atoms with Crippen LogP contribution in [0.25, 0.3) is 0 Å². The first-order valence-electron chi connectivity index (χ1n) is 3.34. The summed E-state index contributed by atoms with van der Waals surface area (Å²) in [7, 11) is 0. The van der Waals surface area contributed by atoms with Gasteiger partial charge in [-0.1, -0.05) is 0 Å². The third kappa shape index (κ3) is 8.25. The van der Waals surface area contributed by atoms with Gasteiger partial charge in [0.15, 0.2) is 0 Å². The van der Waals surface area contributed by atoms with Crippen LogP contribution >= 0.6 is 11.6 Å². The van der Waals surface area contributed by atoms with Gasteiger partial charge in [0.1, 0.15) is 0 Å². The van der Waals surface area contributed by atoms with E-state index in [1.165, 1.54) is 6.42 Å². The van der Waals surface area contributed by atoms with Crippen molar-refractivity contribution in [2.45, 2.75) is 19.3 Å². The molecule has 0 aliphatic heterocycles. The molecule has 0 atom stereocenters. The van der Waals surface area contributed by atoms with E-state index < -0.39 is 0 Å². The monoisotopic (exact) mass is 149 g/mol. The molecule has 0 rings (SSSR count). The normalized spacial score (nSPS) is 10.0. The number of halogens is 1. The topological polar surface area (TPSA) is 9.23 Å². The molecule has 0 fully saturated rings. The van der Waals surface area contributed by atoms with Gasteiger partial charge < -0.3 is 4.74 Å². The van der Waals surface area contributed by atoms with Gasteiger partial charge in [0, 0.05) is 19.1 Å². The molecule has 0 unspecified atom stereocenters. The van der Waals surface area contributed by atoms with E-state index in [4.69, 9.17) is 16.3 Å². The van der Waals surface area contributed by atoms with Crippen molar-refractivity contribution >= 4 is 11.6 Å². The Morgan fingerprint density at radius 3 is 2.56 bits per heavy atom. The molecule has 1 nitrogen and oxygen atoms in total. The lowest BCUT2D eigenvalue weighted by Crippen LogP contribution is -1.93. The zero-order valence-corrected chi connectivity index (χ0v) is 6.49. The number of hydrogen-bond donors (Lipinski definition) is 0. The average Bonchev–Trinajstić information content (AvgIpc) is 1.89. The highest BCUT2D eigenvalue weighted by molar-refractivity contribution is 6.17. The van der Waals surface area contributed by atoms with Crippen molar-refractivity contribution in [3.8, 4) is 0 Å². The second-order valence-corrected chi connectivity index (χ2v) is 2.24. The molecule has 0 aromatic heterocycles. The SMILES string of the molecule is [CH2]COCCCCCCl. The van der Waals surface area contributed by atoms with Gasteiger partial charge in [0.2, 0.25) is 0 Å². The molecule has 0 aliphatic rings. The van der Waals surface area contributed by atoms with Crippen LogP contribution in [0.3, 0.4) is 0 Å². The molecule has 55 valence electrons. The fourth-order valence-corrected chi connectivity index (χ4v) is 0.766. The van der Waals surface area contributed by atoms with Crippen molar-refractivity contribution < 1.29 is 4.74 Å². The standard InChI is InChI=1S/C7H14ClO/c1-2-9-7-5-3-4-6-8/h1-7H2. The minimum absolute atomic E-state index is 0.584. The van der Waals surface area contributed by atoms with Crippen LogP contribution in [0.2, 0.25) is 0 Å². The molecule has 9 heavy (non-hydrogen) atoms. The van der Waals surface area contributed by atoms with Crippen LogP contribution < -0.4 is 0 Å². The molecule has 1 radical (unpaired) electrons. The molecule has 0 amide bonds. The fraction of sp³-hybridized carbons (Fsp3) is 0.857. The van der Waals surface area contributed by atoms with E-state index in [2.05, 4.69) is 6.92 Å². The summed E-state index contributed by atoms with van der Waals surface area (Å²) in [6.45, 7) is 4.97. The van der Waals surface area contributed by atoms with E-state index in [1.54, 1.807) is 0 Å². The Morgan fingerprint density at radius 2 is 2.00 bits per heavy atom. The molecule has 0 heterocycles. The van der Waals surface area contributed by atoms with Crippen LogP contribution in [0, 0.1) is 6.92 Å². The minimum atomic E-state index is 0.584. The highest BCUT2D eigenvalue weighted by atomic mass is 35.5. The molecular weight excluding hydrogens is 136 g/mol. The fourth-order valence-electron chi connectivity index (χ4n) is 0.577. The molecule has 0 aromatic carbocycles. The van der Waals surface area contributed by atoms with Gasteiger partial charge in [-0.25, -0.2) is 0 Å². The van der Waals surface area contributed by atoms with Gasteiger partial charge >= 0.3 is 0 Å². The molecule has 0 spiro atoms. The molecule has 0 saturated heterocycles. The Bertz CT molecular complexity index is 42.2. The minimum Gasteiger partial charge on any atom is -0.381 e. The van der Waals surface area contributed by atoms with Gasteiger partial charge in [-0.3, -0.25) is 0 Å². The largest absolute Gasteiger partial charge is 0.381 e. The van der Waals surface area contributed by atoms with Crippen LogP contribution in [-0.2, 0) is 4.74 Å². The van der Waals surface area contributed by atoms with Gasteiger partial charge in [-0.05, 0) is 26.2 Å². The summed E-state index contributed by atoms with van der Waals surface area (Å²) in [5, 5.41) is 0. The quantitative estimate of drug-likeness (QED) is 0.416. The number of hydrogen-bond acceptors (Lipinski definition) is 1. The molecule has 0 N–H and O–H groups in total. The van der Waals surface area contributed by atoms with E-state index in [1.807, 2.05) is 0 Å². The summed E-state index contributed by atoms with van der Waals surface area (Å²) < 4.78 is 5.03. The summed E-state index contributed by atoms with van der Waals surface area (Å²) in [5.41, 5.74) is 0. The maximum absolute atomic E-state index is 5.46. The number of unbranched alkanes of at least 4 members (excludes halogenated alkanes) is 2. The Morgan fingerprint density at radius 1 is 1.22 bits per heavy atom. The molecule has 0 aliphatic carbocycles. The summed E-state index contributed by atoms with van der Waals surface area (Å²) in [4.78, 5) is 0. The molecule has 0 aromatic rings. The zero-order valence-electron chi connectivity index (χ0n) is 5.74. The summed E-state index contributed by atoms with van der Waals surface area (Å²) in [6, 6.07) is 0. The van der Waals surface area contributed by atoms with Gasteiger partial charge in [0.25, 0.3) is 0 Å². The third-order valence-corrected chi connectivity index (χ3v) is 1.33. The summed E-state index contributed by atoms with van der Waals surface area (Å²) in [6.07, 6.45) is 3.38. The first kappa shape index (κ1) is 9.25. The van der Waals surface area contributed by atoms with Crippen molar-refractivity contribution in [3.63, 3.8) is 0 Å². The van der Waals surface area contributed by atoms with E-state index in [-0.39, 0.29) is 0 Å². The molecular formula is C7H14ClO. The first-order valence-corrected chi connectivity index (χ1v) is 3.88. The maximum atomic E-state index is 5.46. The zero-order chi connectivity index (χ0) is 6.95. The van der Waals surface area contributed by atoms with Crippen LogP contribution in [-0.4, -0.2) is 19.1 Å². The predicted octanol–water partition coefficient (Wildman–Crippen LogP) is 2.25. The van der Waals surface area contributed by atoms with E-state index in [0.29, 0.717) is 6.61 Å². The number of ether oxygens (including phenoxy) is 1. The van der Waals surface area contributed by atoms with Crippen LogP contribution in [0.1, 0.15) is 19.3 Å². The van der Waals surface area contributed by atoms with Crippen molar-refractivity contribution in [3.05, 3.63) is 6.92 Å². The van der Waals surface area contributed by atoms with E-state index in [9.17, 15) is 0 Å². The lowest BCUT2D eigenvalue weighted by atomic mass is 10.3. The molecule has 0 saturated carbocycles. The lowest BCUT2D eigenvalue weighted by Gasteiger charge is -1.97. The molecule has 0 bridgehead atoms. The lowest BCUT2D eigenvalue weighted by molar-refractivity contribution is 0.156. The smallest absolute Gasteiger partial charge is 0.0466 e. The average molecular weight is 150 g/mol. The number of alkyl halides is 1. The van der Waals surface area contributed by atoms with Crippen molar-refractivity contribution in [2.75, 3.05) is 19.1 Å². The van der Waals surface area contributed by atoms with E-state index >= 15 is 0 Å². The second kappa shape index (κ2) is 8.25. The van der Waals surface area contributed by atoms with Crippen LogP contribution in [0.5, 0.6) is 0 Å². The van der Waals surface area contributed by atoms with E-state index in [0.717, 1.165) is 25.3 Å². The third-order valence-electron chi connectivity index (χ3n) is 1.07. The number of rotatable bonds is 6. The Labute approximate surface area is 62.3 Å².